The maximum Gasteiger partial charge on any atom is 0.259 e. The number of aryl methyl sites for hydroxylation is 1. The van der Waals surface area contributed by atoms with E-state index in [0.29, 0.717) is 11.3 Å². The average Bonchev–Trinajstić information content (AvgIpc) is 3.10. The van der Waals surface area contributed by atoms with Gasteiger partial charge in [0, 0.05) is 18.7 Å². The van der Waals surface area contributed by atoms with E-state index in [0.717, 1.165) is 31.5 Å². The predicted molar refractivity (Wildman–Crippen MR) is 71.8 cm³/mol. The van der Waals surface area contributed by atoms with E-state index in [4.69, 9.17) is 4.52 Å². The van der Waals surface area contributed by atoms with E-state index in [1.54, 1.807) is 0 Å². The van der Waals surface area contributed by atoms with Crippen LogP contribution in [0, 0.1) is 6.92 Å². The van der Waals surface area contributed by atoms with E-state index in [2.05, 4.69) is 5.16 Å². The number of aromatic nitrogens is 1. The minimum absolute atomic E-state index is 0.0225. The van der Waals surface area contributed by atoms with Gasteiger partial charge in [-0.15, -0.1) is 0 Å². The monoisotopic (exact) mass is 256 g/mol. The molecule has 0 spiro atoms. The lowest BCUT2D eigenvalue weighted by atomic mass is 10.1. The molecule has 4 nitrogen and oxygen atoms in total. The van der Waals surface area contributed by atoms with E-state index in [-0.39, 0.29) is 5.91 Å². The van der Waals surface area contributed by atoms with Gasteiger partial charge >= 0.3 is 0 Å². The van der Waals surface area contributed by atoms with Crippen molar-refractivity contribution in [2.24, 2.45) is 0 Å². The molecule has 1 saturated heterocycles. The Bertz CT molecular complexity index is 580. The number of likely N-dealkylation sites (tertiary alicyclic amines) is 1. The van der Waals surface area contributed by atoms with Crippen LogP contribution in [0.1, 0.15) is 28.8 Å². The lowest BCUT2D eigenvalue weighted by molar-refractivity contribution is 0.0793. The highest BCUT2D eigenvalue weighted by atomic mass is 16.5. The molecule has 2 aromatic rings. The van der Waals surface area contributed by atoms with Crippen molar-refractivity contribution in [1.82, 2.24) is 10.1 Å². The number of benzene rings is 1. The second kappa shape index (κ2) is 4.88. The highest BCUT2D eigenvalue weighted by molar-refractivity contribution is 5.99. The molecule has 1 aliphatic heterocycles. The predicted octanol–water partition coefficient (Wildman–Crippen LogP) is 2.89. The summed E-state index contributed by atoms with van der Waals surface area (Å²) in [5.74, 6) is 0.589. The van der Waals surface area contributed by atoms with Gasteiger partial charge in [0.1, 0.15) is 5.56 Å². The zero-order valence-electron chi connectivity index (χ0n) is 10.9. The van der Waals surface area contributed by atoms with Crippen molar-refractivity contribution < 1.29 is 9.32 Å². The second-order valence-electron chi connectivity index (χ2n) is 4.93. The molecule has 0 aliphatic carbocycles. The number of carbonyl (C=O) groups excluding carboxylic acids is 1. The molecule has 1 aromatic heterocycles. The van der Waals surface area contributed by atoms with Gasteiger partial charge in [0.05, 0.1) is 6.20 Å². The molecule has 1 aromatic carbocycles. The molecule has 0 N–H and O–H groups in total. The van der Waals surface area contributed by atoms with Crippen LogP contribution in [0.15, 0.2) is 35.0 Å². The molecule has 0 bridgehead atoms. The lowest BCUT2D eigenvalue weighted by Gasteiger charge is -2.14. The van der Waals surface area contributed by atoms with Gasteiger partial charge in [-0.25, -0.2) is 0 Å². The Kier molecular flexibility index (Phi) is 3.07. The van der Waals surface area contributed by atoms with Gasteiger partial charge in [-0.3, -0.25) is 4.79 Å². The highest BCUT2D eigenvalue weighted by Gasteiger charge is 2.25. The molecule has 0 radical (unpaired) electrons. The molecule has 98 valence electrons. The van der Waals surface area contributed by atoms with Crippen LogP contribution >= 0.6 is 0 Å². The number of nitrogens with zero attached hydrogens (tertiary/aromatic N) is 2. The van der Waals surface area contributed by atoms with Gasteiger partial charge in [0.25, 0.3) is 5.91 Å². The summed E-state index contributed by atoms with van der Waals surface area (Å²) >= 11 is 0. The third-order valence-corrected chi connectivity index (χ3v) is 3.51. The SMILES string of the molecule is Cc1ccc(-c2oncc2C(=O)N2CCCC2)cc1. The van der Waals surface area contributed by atoms with Crippen LogP contribution in [-0.2, 0) is 0 Å². The fourth-order valence-corrected chi connectivity index (χ4v) is 2.40. The van der Waals surface area contributed by atoms with E-state index in [1.807, 2.05) is 36.1 Å². The average molecular weight is 256 g/mol. The number of hydrogen-bond acceptors (Lipinski definition) is 3. The summed E-state index contributed by atoms with van der Waals surface area (Å²) in [6.45, 7) is 3.69. The number of rotatable bonds is 2. The maximum absolute atomic E-state index is 12.4. The largest absolute Gasteiger partial charge is 0.355 e. The van der Waals surface area contributed by atoms with Gasteiger partial charge in [-0.05, 0) is 19.8 Å². The first-order valence-corrected chi connectivity index (χ1v) is 6.57. The van der Waals surface area contributed by atoms with Crippen molar-refractivity contribution in [1.29, 1.82) is 0 Å². The zero-order chi connectivity index (χ0) is 13.2. The molecular weight excluding hydrogens is 240 g/mol. The standard InChI is InChI=1S/C15H16N2O2/c1-11-4-6-12(7-5-11)14-13(10-16-19-14)15(18)17-8-2-3-9-17/h4-7,10H,2-3,8-9H2,1H3. The maximum atomic E-state index is 12.4. The van der Waals surface area contributed by atoms with Crippen molar-refractivity contribution in [3.8, 4) is 11.3 Å². The fourth-order valence-electron chi connectivity index (χ4n) is 2.40. The van der Waals surface area contributed by atoms with Gasteiger partial charge in [0.2, 0.25) is 0 Å². The summed E-state index contributed by atoms with van der Waals surface area (Å²) in [5, 5.41) is 3.79. The summed E-state index contributed by atoms with van der Waals surface area (Å²) in [5.41, 5.74) is 2.63. The van der Waals surface area contributed by atoms with Crippen LogP contribution in [-0.4, -0.2) is 29.1 Å². The number of amides is 1. The van der Waals surface area contributed by atoms with Gasteiger partial charge < -0.3 is 9.42 Å². The van der Waals surface area contributed by atoms with Gasteiger partial charge in [-0.1, -0.05) is 35.0 Å². The minimum Gasteiger partial charge on any atom is -0.355 e. The molecular formula is C15H16N2O2. The number of hydrogen-bond donors (Lipinski definition) is 0. The summed E-state index contributed by atoms with van der Waals surface area (Å²) in [7, 11) is 0. The molecule has 19 heavy (non-hydrogen) atoms. The highest BCUT2D eigenvalue weighted by Crippen LogP contribution is 2.26. The van der Waals surface area contributed by atoms with Gasteiger partial charge in [0.15, 0.2) is 5.76 Å². The Morgan fingerprint density at radius 1 is 1.21 bits per heavy atom. The first kappa shape index (κ1) is 12.0. The molecule has 0 atom stereocenters. The fraction of sp³-hybridized carbons (Fsp3) is 0.333. The van der Waals surface area contributed by atoms with E-state index < -0.39 is 0 Å². The first-order valence-electron chi connectivity index (χ1n) is 6.57. The first-order chi connectivity index (χ1) is 9.25. The number of carbonyl (C=O) groups is 1. The Morgan fingerprint density at radius 2 is 1.89 bits per heavy atom. The third-order valence-electron chi connectivity index (χ3n) is 3.51. The zero-order valence-corrected chi connectivity index (χ0v) is 10.9. The summed E-state index contributed by atoms with van der Waals surface area (Å²) in [6, 6.07) is 7.91. The van der Waals surface area contributed by atoms with Crippen molar-refractivity contribution in [2.75, 3.05) is 13.1 Å². The molecule has 1 amide bonds. The summed E-state index contributed by atoms with van der Waals surface area (Å²) in [4.78, 5) is 14.3. The van der Waals surface area contributed by atoms with Crippen molar-refractivity contribution >= 4 is 5.91 Å². The van der Waals surface area contributed by atoms with Crippen LogP contribution < -0.4 is 0 Å². The molecule has 4 heteroatoms. The Balaban J connectivity index is 1.93. The van der Waals surface area contributed by atoms with Crippen LogP contribution in [0.5, 0.6) is 0 Å². The van der Waals surface area contributed by atoms with Crippen molar-refractivity contribution in [2.45, 2.75) is 19.8 Å². The van der Waals surface area contributed by atoms with E-state index in [1.165, 1.54) is 11.8 Å². The Hall–Kier alpha value is -2.10. The van der Waals surface area contributed by atoms with Crippen LogP contribution in [0.25, 0.3) is 11.3 Å². The topological polar surface area (TPSA) is 46.3 Å². The quantitative estimate of drug-likeness (QED) is 0.830. The molecule has 3 rings (SSSR count). The van der Waals surface area contributed by atoms with Crippen LogP contribution in [0.4, 0.5) is 0 Å². The second-order valence-corrected chi connectivity index (χ2v) is 4.93. The molecule has 1 aliphatic rings. The van der Waals surface area contributed by atoms with E-state index >= 15 is 0 Å². The summed E-state index contributed by atoms with van der Waals surface area (Å²) < 4.78 is 5.27. The van der Waals surface area contributed by atoms with Gasteiger partial charge in [-0.2, -0.15) is 0 Å². The van der Waals surface area contributed by atoms with Crippen LogP contribution in [0.2, 0.25) is 0 Å². The van der Waals surface area contributed by atoms with Crippen molar-refractivity contribution in [3.63, 3.8) is 0 Å². The minimum atomic E-state index is 0.0225. The Labute approximate surface area is 112 Å². The molecule has 0 unspecified atom stereocenters. The van der Waals surface area contributed by atoms with Crippen molar-refractivity contribution in [3.05, 3.63) is 41.6 Å². The molecule has 1 fully saturated rings. The lowest BCUT2D eigenvalue weighted by Crippen LogP contribution is -2.27. The summed E-state index contributed by atoms with van der Waals surface area (Å²) in [6.07, 6.45) is 3.68. The molecule has 2 heterocycles. The smallest absolute Gasteiger partial charge is 0.259 e. The Morgan fingerprint density at radius 3 is 2.58 bits per heavy atom. The van der Waals surface area contributed by atoms with Crippen LogP contribution in [0.3, 0.4) is 0 Å². The van der Waals surface area contributed by atoms with E-state index in [9.17, 15) is 4.79 Å². The molecule has 0 saturated carbocycles. The normalized spacial score (nSPS) is 14.9. The third kappa shape index (κ3) is 2.26.